The first-order valence-corrected chi connectivity index (χ1v) is 7.71. The van der Waals surface area contributed by atoms with E-state index in [1.54, 1.807) is 0 Å². The van der Waals surface area contributed by atoms with Crippen LogP contribution in [0.1, 0.15) is 44.1 Å². The van der Waals surface area contributed by atoms with E-state index in [2.05, 4.69) is 0 Å². The van der Waals surface area contributed by atoms with Crippen LogP contribution in [0, 0.1) is 5.92 Å². The highest BCUT2D eigenvalue weighted by molar-refractivity contribution is 5.88. The summed E-state index contributed by atoms with van der Waals surface area (Å²) in [4.78, 5) is 25.9. The second-order valence-corrected chi connectivity index (χ2v) is 6.22. The van der Waals surface area contributed by atoms with Gasteiger partial charge >= 0.3 is 5.97 Å². The monoisotopic (exact) mass is 287 g/mol. The van der Waals surface area contributed by atoms with E-state index < -0.39 is 17.4 Å². The molecule has 1 aliphatic heterocycles. The van der Waals surface area contributed by atoms with Crippen LogP contribution < -0.4 is 0 Å². The van der Waals surface area contributed by atoms with Crippen molar-refractivity contribution < 1.29 is 14.7 Å². The zero-order valence-corrected chi connectivity index (χ0v) is 12.1. The average Bonchev–Trinajstić information content (AvgIpc) is 2.75. The van der Waals surface area contributed by atoms with Crippen LogP contribution in [0.4, 0.5) is 0 Å². The van der Waals surface area contributed by atoms with Crippen LogP contribution >= 0.6 is 0 Å². The minimum atomic E-state index is -0.819. The fourth-order valence-corrected chi connectivity index (χ4v) is 4.02. The SMILES string of the molecule is O=C(O)[C@@H]1CC(=O)N(Cc2ccccc2)C12CCCCC2. The highest BCUT2D eigenvalue weighted by Crippen LogP contribution is 2.46. The maximum Gasteiger partial charge on any atom is 0.309 e. The summed E-state index contributed by atoms with van der Waals surface area (Å²) in [6.45, 7) is 0.531. The van der Waals surface area contributed by atoms with Crippen molar-refractivity contribution in [1.29, 1.82) is 0 Å². The average molecular weight is 287 g/mol. The van der Waals surface area contributed by atoms with E-state index in [1.807, 2.05) is 35.2 Å². The van der Waals surface area contributed by atoms with E-state index >= 15 is 0 Å². The number of nitrogens with zero attached hydrogens (tertiary/aromatic N) is 1. The van der Waals surface area contributed by atoms with Crippen molar-refractivity contribution in [1.82, 2.24) is 4.90 Å². The van der Waals surface area contributed by atoms with Gasteiger partial charge in [0.15, 0.2) is 0 Å². The summed E-state index contributed by atoms with van der Waals surface area (Å²) in [5, 5.41) is 9.55. The van der Waals surface area contributed by atoms with Crippen molar-refractivity contribution in [3.05, 3.63) is 35.9 Å². The second-order valence-electron chi connectivity index (χ2n) is 6.22. The molecule has 1 saturated heterocycles. The van der Waals surface area contributed by atoms with E-state index in [1.165, 1.54) is 0 Å². The number of amides is 1. The molecule has 1 saturated carbocycles. The van der Waals surface area contributed by atoms with Gasteiger partial charge in [-0.25, -0.2) is 0 Å². The lowest BCUT2D eigenvalue weighted by Crippen LogP contribution is -2.51. The van der Waals surface area contributed by atoms with E-state index in [-0.39, 0.29) is 12.3 Å². The van der Waals surface area contributed by atoms with Gasteiger partial charge in [-0.2, -0.15) is 0 Å². The molecule has 2 aliphatic rings. The van der Waals surface area contributed by atoms with E-state index in [4.69, 9.17) is 0 Å². The number of hydrogen-bond acceptors (Lipinski definition) is 2. The number of carbonyl (C=O) groups excluding carboxylic acids is 1. The Morgan fingerprint density at radius 1 is 1.19 bits per heavy atom. The molecule has 0 unspecified atom stereocenters. The molecule has 1 aromatic rings. The number of benzene rings is 1. The van der Waals surface area contributed by atoms with Crippen molar-refractivity contribution in [2.24, 2.45) is 5.92 Å². The molecule has 0 bridgehead atoms. The first kappa shape index (κ1) is 14.1. The maximum atomic E-state index is 12.4. The Balaban J connectivity index is 1.92. The van der Waals surface area contributed by atoms with E-state index in [9.17, 15) is 14.7 Å². The highest BCUT2D eigenvalue weighted by atomic mass is 16.4. The Morgan fingerprint density at radius 3 is 2.48 bits per heavy atom. The van der Waals surface area contributed by atoms with Crippen molar-refractivity contribution in [2.45, 2.75) is 50.6 Å². The minimum Gasteiger partial charge on any atom is -0.481 e. The molecule has 21 heavy (non-hydrogen) atoms. The number of hydrogen-bond donors (Lipinski definition) is 1. The number of likely N-dealkylation sites (tertiary alicyclic amines) is 1. The Hall–Kier alpha value is -1.84. The largest absolute Gasteiger partial charge is 0.481 e. The van der Waals surface area contributed by atoms with Gasteiger partial charge in [-0.05, 0) is 18.4 Å². The molecule has 4 heteroatoms. The zero-order chi connectivity index (χ0) is 14.9. The number of carbonyl (C=O) groups is 2. The Kier molecular flexibility index (Phi) is 3.70. The molecule has 1 heterocycles. The molecule has 3 rings (SSSR count). The van der Waals surface area contributed by atoms with Crippen LogP contribution in [0.15, 0.2) is 30.3 Å². The highest BCUT2D eigenvalue weighted by Gasteiger charge is 2.55. The molecule has 0 radical (unpaired) electrons. The van der Waals surface area contributed by atoms with Crippen LogP contribution in [0.5, 0.6) is 0 Å². The van der Waals surface area contributed by atoms with Gasteiger partial charge < -0.3 is 10.0 Å². The lowest BCUT2D eigenvalue weighted by Gasteiger charge is -2.44. The van der Waals surface area contributed by atoms with Gasteiger partial charge in [-0.1, -0.05) is 49.6 Å². The quantitative estimate of drug-likeness (QED) is 0.930. The molecular weight excluding hydrogens is 266 g/mol. The first-order valence-electron chi connectivity index (χ1n) is 7.71. The molecule has 1 N–H and O–H groups in total. The van der Waals surface area contributed by atoms with Crippen molar-refractivity contribution in [3.8, 4) is 0 Å². The standard InChI is InChI=1S/C17H21NO3/c19-15-11-14(16(20)21)17(9-5-2-6-10-17)18(15)12-13-7-3-1-4-8-13/h1,3-4,7-8,14H,2,5-6,9-12H2,(H,20,21)/t14-/m0/s1. The van der Waals surface area contributed by atoms with Gasteiger partial charge in [0.2, 0.25) is 5.91 Å². The van der Waals surface area contributed by atoms with Crippen molar-refractivity contribution >= 4 is 11.9 Å². The third-order valence-corrected chi connectivity index (χ3v) is 5.07. The number of carboxylic acids is 1. The number of carboxylic acid groups (broad SMARTS) is 1. The van der Waals surface area contributed by atoms with Crippen molar-refractivity contribution in [2.75, 3.05) is 0 Å². The molecule has 0 aromatic heterocycles. The summed E-state index contributed by atoms with van der Waals surface area (Å²) in [7, 11) is 0. The second kappa shape index (κ2) is 5.51. The molecule has 1 aromatic carbocycles. The molecule has 1 atom stereocenters. The van der Waals surface area contributed by atoms with E-state index in [0.29, 0.717) is 6.54 Å². The molecule has 2 fully saturated rings. The van der Waals surface area contributed by atoms with Gasteiger partial charge in [-0.3, -0.25) is 9.59 Å². The van der Waals surface area contributed by atoms with Gasteiger partial charge in [-0.15, -0.1) is 0 Å². The minimum absolute atomic E-state index is 0.00634. The molecule has 1 spiro atoms. The first-order chi connectivity index (χ1) is 10.1. The number of aliphatic carboxylic acids is 1. The van der Waals surface area contributed by atoms with Crippen LogP contribution in [0.25, 0.3) is 0 Å². The summed E-state index contributed by atoms with van der Waals surface area (Å²) in [6.07, 6.45) is 4.97. The summed E-state index contributed by atoms with van der Waals surface area (Å²) in [5.41, 5.74) is 0.610. The van der Waals surface area contributed by atoms with Crippen LogP contribution in [-0.4, -0.2) is 27.4 Å². The Morgan fingerprint density at radius 2 is 1.86 bits per heavy atom. The van der Waals surface area contributed by atoms with Gasteiger partial charge in [0, 0.05) is 13.0 Å². The lowest BCUT2D eigenvalue weighted by molar-refractivity contribution is -0.146. The summed E-state index contributed by atoms with van der Waals surface area (Å²) in [6, 6.07) is 9.86. The number of rotatable bonds is 3. The normalized spacial score (nSPS) is 24.5. The van der Waals surface area contributed by atoms with Crippen LogP contribution in [0.3, 0.4) is 0 Å². The smallest absolute Gasteiger partial charge is 0.309 e. The van der Waals surface area contributed by atoms with Gasteiger partial charge in [0.25, 0.3) is 0 Å². The topological polar surface area (TPSA) is 57.6 Å². The molecule has 112 valence electrons. The molecule has 1 aliphatic carbocycles. The maximum absolute atomic E-state index is 12.4. The third-order valence-electron chi connectivity index (χ3n) is 5.07. The zero-order valence-electron chi connectivity index (χ0n) is 12.1. The summed E-state index contributed by atoms with van der Waals surface area (Å²) < 4.78 is 0. The Bertz CT molecular complexity index is 534. The molecular formula is C17H21NO3. The molecule has 1 amide bonds. The van der Waals surface area contributed by atoms with Gasteiger partial charge in [0.05, 0.1) is 11.5 Å². The fraction of sp³-hybridized carbons (Fsp3) is 0.529. The van der Waals surface area contributed by atoms with Crippen LogP contribution in [0.2, 0.25) is 0 Å². The third kappa shape index (κ3) is 2.43. The predicted molar refractivity (Wildman–Crippen MR) is 78.6 cm³/mol. The Labute approximate surface area is 124 Å². The van der Waals surface area contributed by atoms with Crippen molar-refractivity contribution in [3.63, 3.8) is 0 Å². The van der Waals surface area contributed by atoms with E-state index in [0.717, 1.165) is 37.7 Å². The lowest BCUT2D eigenvalue weighted by atomic mass is 9.73. The predicted octanol–water partition coefficient (Wildman–Crippen LogP) is 2.82. The summed E-state index contributed by atoms with van der Waals surface area (Å²) in [5.74, 6) is -1.37. The summed E-state index contributed by atoms with van der Waals surface area (Å²) >= 11 is 0. The van der Waals surface area contributed by atoms with Crippen LogP contribution in [-0.2, 0) is 16.1 Å². The molecule has 4 nitrogen and oxygen atoms in total. The fourth-order valence-electron chi connectivity index (χ4n) is 4.02. The van der Waals surface area contributed by atoms with Gasteiger partial charge in [0.1, 0.15) is 0 Å².